The van der Waals surface area contributed by atoms with E-state index in [1.54, 1.807) is 0 Å². The van der Waals surface area contributed by atoms with Crippen LogP contribution in [0.1, 0.15) is 39.5 Å². The zero-order chi connectivity index (χ0) is 13.7. The van der Waals surface area contributed by atoms with Gasteiger partial charge < -0.3 is 15.0 Å². The van der Waals surface area contributed by atoms with Crippen LogP contribution in [0.4, 0.5) is 0 Å². The second-order valence-corrected chi connectivity index (χ2v) is 6.29. The molecule has 2 atom stereocenters. The van der Waals surface area contributed by atoms with Gasteiger partial charge in [0.15, 0.2) is 0 Å². The van der Waals surface area contributed by atoms with Gasteiger partial charge >= 0.3 is 0 Å². The zero-order valence-corrected chi connectivity index (χ0v) is 13.6. The third-order valence-corrected chi connectivity index (χ3v) is 4.15. The summed E-state index contributed by atoms with van der Waals surface area (Å²) in [4.78, 5) is 14.4. The minimum Gasteiger partial charge on any atom is -0.376 e. The van der Waals surface area contributed by atoms with Crippen LogP contribution in [0.15, 0.2) is 0 Å². The minimum atomic E-state index is 0. The second-order valence-electron chi connectivity index (χ2n) is 6.29. The van der Waals surface area contributed by atoms with Crippen molar-refractivity contribution in [3.8, 4) is 0 Å². The molecular weight excluding hydrogens is 276 g/mol. The third-order valence-electron chi connectivity index (χ3n) is 4.15. The summed E-state index contributed by atoms with van der Waals surface area (Å²) in [6.45, 7) is 8.84. The van der Waals surface area contributed by atoms with Crippen molar-refractivity contribution < 1.29 is 9.53 Å². The molecule has 2 unspecified atom stereocenters. The molecule has 0 aromatic heterocycles. The fraction of sp³-hybridized carbons (Fsp3) is 0.933. The summed E-state index contributed by atoms with van der Waals surface area (Å²) < 4.78 is 5.87. The van der Waals surface area contributed by atoms with Gasteiger partial charge in [0.2, 0.25) is 5.91 Å². The molecule has 0 spiro atoms. The molecular formula is C15H29ClN2O2. The van der Waals surface area contributed by atoms with Crippen LogP contribution in [-0.2, 0) is 9.53 Å². The molecule has 2 rings (SSSR count). The average molecular weight is 305 g/mol. The van der Waals surface area contributed by atoms with Crippen LogP contribution >= 0.6 is 12.4 Å². The Morgan fingerprint density at radius 3 is 2.85 bits per heavy atom. The van der Waals surface area contributed by atoms with Gasteiger partial charge in [-0.1, -0.05) is 13.8 Å². The first-order chi connectivity index (χ1) is 9.16. The van der Waals surface area contributed by atoms with Gasteiger partial charge in [-0.15, -0.1) is 12.4 Å². The lowest BCUT2D eigenvalue weighted by molar-refractivity contribution is -0.135. The summed E-state index contributed by atoms with van der Waals surface area (Å²) >= 11 is 0. The topological polar surface area (TPSA) is 41.6 Å². The number of hydrogen-bond acceptors (Lipinski definition) is 3. The molecule has 2 aliphatic heterocycles. The van der Waals surface area contributed by atoms with Gasteiger partial charge in [-0.05, 0) is 38.1 Å². The fourth-order valence-electron chi connectivity index (χ4n) is 2.86. The number of hydrogen-bond donors (Lipinski definition) is 1. The van der Waals surface area contributed by atoms with Crippen molar-refractivity contribution in [3.63, 3.8) is 0 Å². The van der Waals surface area contributed by atoms with Gasteiger partial charge in [-0.25, -0.2) is 0 Å². The Balaban J connectivity index is 0.00000200. The summed E-state index contributed by atoms with van der Waals surface area (Å²) in [6, 6.07) is 0. The Hall–Kier alpha value is -0.320. The molecule has 1 N–H and O–H groups in total. The van der Waals surface area contributed by atoms with Gasteiger partial charge in [0.1, 0.15) is 0 Å². The highest BCUT2D eigenvalue weighted by Gasteiger charge is 2.31. The van der Waals surface area contributed by atoms with E-state index >= 15 is 0 Å². The first-order valence-electron chi connectivity index (χ1n) is 7.78. The number of likely N-dealkylation sites (tertiary alicyclic amines) is 1. The number of halogens is 1. The maximum atomic E-state index is 12.4. The smallest absolute Gasteiger partial charge is 0.227 e. The predicted octanol–water partition coefficient (Wildman–Crippen LogP) is 2.07. The number of piperidine rings is 1. The zero-order valence-electron chi connectivity index (χ0n) is 12.8. The Bertz CT molecular complexity index is 294. The molecule has 20 heavy (non-hydrogen) atoms. The van der Waals surface area contributed by atoms with Gasteiger partial charge in [0.25, 0.3) is 0 Å². The third kappa shape index (κ3) is 5.23. The normalized spacial score (nSPS) is 26.6. The van der Waals surface area contributed by atoms with Crippen LogP contribution in [-0.4, -0.2) is 49.7 Å². The number of amides is 1. The van der Waals surface area contributed by atoms with E-state index in [-0.39, 0.29) is 24.4 Å². The highest BCUT2D eigenvalue weighted by atomic mass is 35.5. The van der Waals surface area contributed by atoms with E-state index in [9.17, 15) is 4.79 Å². The maximum absolute atomic E-state index is 12.4. The molecule has 4 nitrogen and oxygen atoms in total. The van der Waals surface area contributed by atoms with Crippen molar-refractivity contribution in [3.05, 3.63) is 0 Å². The molecule has 2 fully saturated rings. The molecule has 0 radical (unpaired) electrons. The quantitative estimate of drug-likeness (QED) is 0.845. The standard InChI is InChI=1S/C15H28N2O2.ClH/c1-12(2)6-9-19-14-5-8-17(11-14)15(18)13-4-3-7-16-10-13;/h12-14,16H,3-11H2,1-2H3;1H. The van der Waals surface area contributed by atoms with Gasteiger partial charge in [-0.3, -0.25) is 4.79 Å². The highest BCUT2D eigenvalue weighted by Crippen LogP contribution is 2.19. The van der Waals surface area contributed by atoms with Crippen LogP contribution in [0.5, 0.6) is 0 Å². The monoisotopic (exact) mass is 304 g/mol. The molecule has 0 aromatic carbocycles. The van der Waals surface area contributed by atoms with E-state index in [1.807, 2.05) is 4.90 Å². The van der Waals surface area contributed by atoms with Gasteiger partial charge in [0.05, 0.1) is 12.0 Å². The van der Waals surface area contributed by atoms with Crippen molar-refractivity contribution in [2.24, 2.45) is 11.8 Å². The number of carbonyl (C=O) groups is 1. The van der Waals surface area contributed by atoms with Crippen LogP contribution in [0.25, 0.3) is 0 Å². The Kier molecular flexibility index (Phi) is 7.85. The Morgan fingerprint density at radius 1 is 1.40 bits per heavy atom. The van der Waals surface area contributed by atoms with E-state index in [0.717, 1.165) is 58.5 Å². The molecule has 0 saturated carbocycles. The van der Waals surface area contributed by atoms with Crippen LogP contribution in [0, 0.1) is 11.8 Å². The first-order valence-corrected chi connectivity index (χ1v) is 7.78. The lowest BCUT2D eigenvalue weighted by Gasteiger charge is -2.26. The molecule has 5 heteroatoms. The molecule has 2 aliphatic rings. The molecule has 1 amide bonds. The SMILES string of the molecule is CC(C)CCOC1CCN(C(=O)C2CCCNC2)C1.Cl. The maximum Gasteiger partial charge on any atom is 0.227 e. The first kappa shape index (κ1) is 17.7. The van der Waals surface area contributed by atoms with E-state index in [2.05, 4.69) is 19.2 Å². The van der Waals surface area contributed by atoms with E-state index in [4.69, 9.17) is 4.74 Å². The van der Waals surface area contributed by atoms with Crippen molar-refractivity contribution in [1.82, 2.24) is 10.2 Å². The minimum absolute atomic E-state index is 0. The van der Waals surface area contributed by atoms with Gasteiger partial charge in [0, 0.05) is 26.2 Å². The largest absolute Gasteiger partial charge is 0.376 e. The van der Waals surface area contributed by atoms with Crippen LogP contribution in [0.2, 0.25) is 0 Å². The molecule has 0 aliphatic carbocycles. The Labute approximate surface area is 129 Å². The molecule has 118 valence electrons. The second kappa shape index (κ2) is 8.85. The van der Waals surface area contributed by atoms with Crippen molar-refractivity contribution in [2.75, 3.05) is 32.8 Å². The summed E-state index contributed by atoms with van der Waals surface area (Å²) in [5.41, 5.74) is 0. The molecule has 2 saturated heterocycles. The Morgan fingerprint density at radius 2 is 2.20 bits per heavy atom. The lowest BCUT2D eigenvalue weighted by Crippen LogP contribution is -2.42. The number of nitrogens with one attached hydrogen (secondary N) is 1. The van der Waals surface area contributed by atoms with Crippen molar-refractivity contribution >= 4 is 18.3 Å². The van der Waals surface area contributed by atoms with Crippen LogP contribution in [0.3, 0.4) is 0 Å². The number of rotatable bonds is 5. The number of ether oxygens (including phenoxy) is 1. The van der Waals surface area contributed by atoms with E-state index in [1.165, 1.54) is 0 Å². The van der Waals surface area contributed by atoms with Crippen molar-refractivity contribution in [1.29, 1.82) is 0 Å². The highest BCUT2D eigenvalue weighted by molar-refractivity contribution is 5.85. The molecule has 0 bridgehead atoms. The van der Waals surface area contributed by atoms with Gasteiger partial charge in [-0.2, -0.15) is 0 Å². The average Bonchev–Trinajstić information content (AvgIpc) is 2.87. The summed E-state index contributed by atoms with van der Waals surface area (Å²) in [6.07, 6.45) is 4.54. The predicted molar refractivity (Wildman–Crippen MR) is 83.2 cm³/mol. The fourth-order valence-corrected chi connectivity index (χ4v) is 2.86. The number of carbonyl (C=O) groups excluding carboxylic acids is 1. The van der Waals surface area contributed by atoms with Crippen LogP contribution < -0.4 is 5.32 Å². The summed E-state index contributed by atoms with van der Waals surface area (Å²) in [5.74, 6) is 1.22. The van der Waals surface area contributed by atoms with E-state index < -0.39 is 0 Å². The molecule has 0 aromatic rings. The lowest BCUT2D eigenvalue weighted by atomic mass is 9.98. The van der Waals surface area contributed by atoms with Crippen molar-refractivity contribution in [2.45, 2.75) is 45.6 Å². The number of nitrogens with zero attached hydrogens (tertiary/aromatic N) is 1. The van der Waals surface area contributed by atoms with E-state index in [0.29, 0.717) is 11.8 Å². The summed E-state index contributed by atoms with van der Waals surface area (Å²) in [7, 11) is 0. The summed E-state index contributed by atoms with van der Waals surface area (Å²) in [5, 5.41) is 3.32. The molecule has 2 heterocycles.